The summed E-state index contributed by atoms with van der Waals surface area (Å²) in [5, 5.41) is -0.571. The summed E-state index contributed by atoms with van der Waals surface area (Å²) in [5.74, 6) is -0.431. The highest BCUT2D eigenvalue weighted by molar-refractivity contribution is 7.91. The summed E-state index contributed by atoms with van der Waals surface area (Å²) in [6, 6.07) is 0. The van der Waals surface area contributed by atoms with Gasteiger partial charge >= 0.3 is 0 Å². The summed E-state index contributed by atoms with van der Waals surface area (Å²) in [6.07, 6.45) is 3.97. The van der Waals surface area contributed by atoms with Gasteiger partial charge in [0.25, 0.3) is 5.91 Å². The Morgan fingerprint density at radius 1 is 1.50 bits per heavy atom. The predicted octanol–water partition coefficient (Wildman–Crippen LogP) is -0.0751. The van der Waals surface area contributed by atoms with Gasteiger partial charge in [0.15, 0.2) is 0 Å². The molecule has 5 heteroatoms. The van der Waals surface area contributed by atoms with E-state index in [1.54, 1.807) is 6.08 Å². The van der Waals surface area contributed by atoms with Gasteiger partial charge in [-0.15, -0.1) is 0 Å². The zero-order valence-corrected chi connectivity index (χ0v) is 7.23. The van der Waals surface area contributed by atoms with Crippen LogP contribution in [0.15, 0.2) is 11.6 Å². The van der Waals surface area contributed by atoms with E-state index in [9.17, 15) is 13.2 Å². The molecular formula is C7H9NO3S. The number of rotatable bonds is 0. The number of carbonyl (C=O) groups is 1. The average Bonchev–Trinajstić information content (AvgIpc) is 2.25. The first-order valence-corrected chi connectivity index (χ1v) is 5.42. The number of amides is 1. The van der Waals surface area contributed by atoms with Gasteiger partial charge in [0.1, 0.15) is 5.25 Å². The minimum absolute atomic E-state index is 0.431. The van der Waals surface area contributed by atoms with Crippen LogP contribution in [-0.4, -0.2) is 19.6 Å². The third kappa shape index (κ3) is 0.964. The van der Waals surface area contributed by atoms with Crippen molar-refractivity contribution in [3.05, 3.63) is 11.6 Å². The maximum Gasteiger partial charge on any atom is 0.261 e. The Morgan fingerprint density at radius 2 is 2.25 bits per heavy atom. The van der Waals surface area contributed by atoms with Crippen molar-refractivity contribution in [1.82, 2.24) is 4.72 Å². The van der Waals surface area contributed by atoms with Crippen LogP contribution >= 0.6 is 0 Å². The maximum atomic E-state index is 11.2. The molecule has 1 aliphatic carbocycles. The number of hydrogen-bond donors (Lipinski definition) is 1. The third-order valence-electron chi connectivity index (χ3n) is 2.25. The molecule has 0 aromatic rings. The van der Waals surface area contributed by atoms with Crippen molar-refractivity contribution in [2.75, 3.05) is 0 Å². The summed E-state index contributed by atoms with van der Waals surface area (Å²) < 4.78 is 24.5. The van der Waals surface area contributed by atoms with Crippen molar-refractivity contribution in [2.45, 2.75) is 24.5 Å². The Morgan fingerprint density at radius 3 is 2.92 bits per heavy atom. The Balaban J connectivity index is 2.50. The van der Waals surface area contributed by atoms with Crippen molar-refractivity contribution >= 4 is 15.9 Å². The van der Waals surface area contributed by atoms with Gasteiger partial charge in [0, 0.05) is 5.57 Å². The van der Waals surface area contributed by atoms with Gasteiger partial charge in [-0.2, -0.15) is 0 Å². The van der Waals surface area contributed by atoms with E-state index in [0.717, 1.165) is 12.8 Å². The molecule has 0 saturated carbocycles. The van der Waals surface area contributed by atoms with Crippen molar-refractivity contribution in [3.63, 3.8) is 0 Å². The molecule has 1 saturated heterocycles. The van der Waals surface area contributed by atoms with Gasteiger partial charge < -0.3 is 0 Å². The van der Waals surface area contributed by atoms with E-state index < -0.39 is 21.2 Å². The largest absolute Gasteiger partial charge is 0.269 e. The Hall–Kier alpha value is -0.840. The summed E-state index contributed by atoms with van der Waals surface area (Å²) in [6.45, 7) is 0. The molecule has 0 spiro atoms. The fourth-order valence-corrected chi connectivity index (χ4v) is 3.20. The highest BCUT2D eigenvalue weighted by Gasteiger charge is 2.41. The minimum atomic E-state index is -3.36. The summed E-state index contributed by atoms with van der Waals surface area (Å²) in [7, 11) is -3.36. The number of fused-ring (bicyclic) bond motifs is 1. The molecule has 12 heavy (non-hydrogen) atoms. The van der Waals surface area contributed by atoms with Crippen LogP contribution in [0.1, 0.15) is 19.3 Å². The molecule has 0 aromatic heterocycles. The number of carbonyl (C=O) groups excluding carboxylic acids is 1. The van der Waals surface area contributed by atoms with Gasteiger partial charge in [0.05, 0.1) is 0 Å². The lowest BCUT2D eigenvalue weighted by Crippen LogP contribution is -2.25. The van der Waals surface area contributed by atoms with Crippen LogP contribution in [0.3, 0.4) is 0 Å². The lowest BCUT2D eigenvalue weighted by molar-refractivity contribution is -0.115. The van der Waals surface area contributed by atoms with E-state index in [2.05, 4.69) is 0 Å². The number of hydrogen-bond acceptors (Lipinski definition) is 3. The lowest BCUT2D eigenvalue weighted by atomic mass is 9.99. The SMILES string of the molecule is O=C1NS(=O)(=O)C2CCCC=C12. The molecule has 66 valence electrons. The van der Waals surface area contributed by atoms with Crippen molar-refractivity contribution in [2.24, 2.45) is 0 Å². The van der Waals surface area contributed by atoms with E-state index in [-0.39, 0.29) is 0 Å². The molecule has 1 unspecified atom stereocenters. The molecule has 0 bridgehead atoms. The molecule has 2 aliphatic rings. The number of nitrogens with one attached hydrogen (secondary N) is 1. The highest BCUT2D eigenvalue weighted by Crippen LogP contribution is 2.28. The van der Waals surface area contributed by atoms with E-state index in [0.29, 0.717) is 12.0 Å². The van der Waals surface area contributed by atoms with Crippen LogP contribution in [0.4, 0.5) is 0 Å². The first kappa shape index (κ1) is 7.79. The van der Waals surface area contributed by atoms with Crippen LogP contribution in [0.2, 0.25) is 0 Å². The molecule has 0 aromatic carbocycles. The standard InChI is InChI=1S/C7H9NO3S/c9-7-5-3-1-2-4-6(5)12(10,11)8-7/h3,6H,1-2,4H2,(H,8,9). The smallest absolute Gasteiger partial charge is 0.261 e. The predicted molar refractivity (Wildman–Crippen MR) is 42.8 cm³/mol. The fraction of sp³-hybridized carbons (Fsp3) is 0.571. The second kappa shape index (κ2) is 2.32. The summed E-state index contributed by atoms with van der Waals surface area (Å²) in [4.78, 5) is 11.1. The fourth-order valence-electron chi connectivity index (χ4n) is 1.67. The van der Waals surface area contributed by atoms with E-state index in [1.165, 1.54) is 0 Å². The van der Waals surface area contributed by atoms with Crippen LogP contribution in [0.5, 0.6) is 0 Å². The molecule has 2 rings (SSSR count). The monoisotopic (exact) mass is 187 g/mol. The Labute approximate surface area is 70.7 Å². The normalized spacial score (nSPS) is 32.2. The zero-order valence-electron chi connectivity index (χ0n) is 6.41. The molecule has 1 amide bonds. The van der Waals surface area contributed by atoms with Crippen molar-refractivity contribution in [1.29, 1.82) is 0 Å². The molecule has 1 N–H and O–H groups in total. The van der Waals surface area contributed by atoms with Gasteiger partial charge in [-0.3, -0.25) is 4.79 Å². The van der Waals surface area contributed by atoms with Crippen molar-refractivity contribution < 1.29 is 13.2 Å². The highest BCUT2D eigenvalue weighted by atomic mass is 32.2. The lowest BCUT2D eigenvalue weighted by Gasteiger charge is -2.12. The Kier molecular flexibility index (Phi) is 1.51. The maximum absolute atomic E-state index is 11.2. The van der Waals surface area contributed by atoms with Gasteiger partial charge in [-0.05, 0) is 19.3 Å². The molecule has 4 nitrogen and oxygen atoms in total. The van der Waals surface area contributed by atoms with Crippen LogP contribution in [0.25, 0.3) is 0 Å². The third-order valence-corrected chi connectivity index (χ3v) is 3.96. The van der Waals surface area contributed by atoms with Crippen LogP contribution in [0, 0.1) is 0 Å². The molecule has 1 heterocycles. The van der Waals surface area contributed by atoms with Gasteiger partial charge in [-0.25, -0.2) is 13.1 Å². The van der Waals surface area contributed by atoms with Gasteiger partial charge in [-0.1, -0.05) is 6.08 Å². The Bertz CT molecular complexity index is 355. The topological polar surface area (TPSA) is 63.2 Å². The number of sulfonamides is 1. The summed E-state index contributed by atoms with van der Waals surface area (Å²) in [5.41, 5.74) is 0.446. The second-order valence-electron chi connectivity index (χ2n) is 3.06. The quantitative estimate of drug-likeness (QED) is 0.577. The zero-order chi connectivity index (χ0) is 8.77. The first-order valence-electron chi connectivity index (χ1n) is 3.87. The number of allylic oxidation sites excluding steroid dienone is 1. The molecular weight excluding hydrogens is 178 g/mol. The molecule has 1 atom stereocenters. The average molecular weight is 187 g/mol. The molecule has 1 fully saturated rings. The summed E-state index contributed by atoms with van der Waals surface area (Å²) >= 11 is 0. The minimum Gasteiger partial charge on any atom is -0.269 e. The first-order chi connectivity index (χ1) is 5.61. The van der Waals surface area contributed by atoms with E-state index in [1.807, 2.05) is 4.72 Å². The van der Waals surface area contributed by atoms with E-state index in [4.69, 9.17) is 0 Å². The molecule has 0 radical (unpaired) electrons. The second-order valence-corrected chi connectivity index (χ2v) is 4.92. The van der Waals surface area contributed by atoms with Gasteiger partial charge in [0.2, 0.25) is 10.0 Å². The van der Waals surface area contributed by atoms with E-state index >= 15 is 0 Å². The van der Waals surface area contributed by atoms with Crippen molar-refractivity contribution in [3.8, 4) is 0 Å². The molecule has 1 aliphatic heterocycles. The van der Waals surface area contributed by atoms with Crippen LogP contribution in [-0.2, 0) is 14.8 Å². The van der Waals surface area contributed by atoms with Crippen LogP contribution < -0.4 is 4.72 Å².